The summed E-state index contributed by atoms with van der Waals surface area (Å²) >= 11 is 0. The number of primary sulfonamides is 1. The van der Waals surface area contributed by atoms with Crippen LogP contribution in [0.25, 0.3) is 11.4 Å². The normalized spacial score (nSPS) is 11.2. The minimum atomic E-state index is -3.65. The molecule has 3 rings (SSSR count). The molecule has 140 valence electrons. The van der Waals surface area contributed by atoms with Gasteiger partial charge in [-0.3, -0.25) is 0 Å². The second-order valence-corrected chi connectivity index (χ2v) is 7.20. The number of anilines is 2. The molecule has 3 aromatic rings. The van der Waals surface area contributed by atoms with Gasteiger partial charge in [0.2, 0.25) is 16.0 Å². The van der Waals surface area contributed by atoms with Crippen LogP contribution >= 0.6 is 0 Å². The summed E-state index contributed by atoms with van der Waals surface area (Å²) < 4.78 is 41.9. The fourth-order valence-corrected chi connectivity index (χ4v) is 3.11. The van der Waals surface area contributed by atoms with E-state index in [1.54, 1.807) is 30.3 Å². The highest BCUT2D eigenvalue weighted by molar-refractivity contribution is 7.88. The summed E-state index contributed by atoms with van der Waals surface area (Å²) in [6.45, 7) is 0. The molecule has 3 N–H and O–H groups in total. The number of rotatable bonds is 6. The first-order valence-corrected chi connectivity index (χ1v) is 9.45. The van der Waals surface area contributed by atoms with Crippen molar-refractivity contribution in [2.24, 2.45) is 5.14 Å². The van der Waals surface area contributed by atoms with E-state index in [-0.39, 0.29) is 23.1 Å². The molecule has 0 amide bonds. The number of nitrogens with one attached hydrogen (secondary N) is 1. The zero-order chi connectivity index (χ0) is 19.4. The van der Waals surface area contributed by atoms with Crippen molar-refractivity contribution in [1.29, 1.82) is 0 Å². The van der Waals surface area contributed by atoms with Gasteiger partial charge >= 0.3 is 0 Å². The van der Waals surface area contributed by atoms with Crippen LogP contribution in [-0.4, -0.2) is 30.5 Å². The molecule has 0 fully saturated rings. The highest BCUT2D eigenvalue weighted by Gasteiger charge is 2.15. The Morgan fingerprint density at radius 1 is 1.19 bits per heavy atom. The molecule has 0 aliphatic rings. The molecule has 2 aromatic carbocycles. The van der Waals surface area contributed by atoms with E-state index in [4.69, 9.17) is 9.88 Å². The maximum atomic E-state index is 14.2. The van der Waals surface area contributed by atoms with E-state index in [2.05, 4.69) is 20.3 Å². The Balaban J connectivity index is 1.91. The monoisotopic (exact) mass is 389 g/mol. The van der Waals surface area contributed by atoms with Crippen molar-refractivity contribution < 1.29 is 17.5 Å². The van der Waals surface area contributed by atoms with Gasteiger partial charge in [-0.25, -0.2) is 27.9 Å². The molecule has 10 heteroatoms. The predicted octanol–water partition coefficient (Wildman–Crippen LogP) is 2.22. The maximum absolute atomic E-state index is 14.2. The number of nitrogens with zero attached hydrogens (tertiary/aromatic N) is 3. The summed E-state index contributed by atoms with van der Waals surface area (Å²) in [7, 11) is -2.22. The largest absolute Gasteiger partial charge is 0.496 e. The summed E-state index contributed by atoms with van der Waals surface area (Å²) in [5, 5.41) is 8.00. The number of hydrogen-bond acceptors (Lipinski definition) is 7. The van der Waals surface area contributed by atoms with Gasteiger partial charge in [0.15, 0.2) is 5.82 Å². The number of aromatic nitrogens is 3. The fourth-order valence-electron chi connectivity index (χ4n) is 2.47. The topological polar surface area (TPSA) is 120 Å². The van der Waals surface area contributed by atoms with Gasteiger partial charge in [-0.2, -0.15) is 4.98 Å². The van der Waals surface area contributed by atoms with E-state index in [0.717, 1.165) is 0 Å². The van der Waals surface area contributed by atoms with Crippen LogP contribution in [0.1, 0.15) is 5.56 Å². The van der Waals surface area contributed by atoms with Crippen LogP contribution in [0.5, 0.6) is 5.75 Å². The Morgan fingerprint density at radius 2 is 1.96 bits per heavy atom. The van der Waals surface area contributed by atoms with Crippen molar-refractivity contribution in [2.75, 3.05) is 12.4 Å². The summed E-state index contributed by atoms with van der Waals surface area (Å²) in [5.74, 6) is -0.262. The third-order valence-corrected chi connectivity index (χ3v) is 4.28. The van der Waals surface area contributed by atoms with Crippen LogP contribution < -0.4 is 15.2 Å². The lowest BCUT2D eigenvalue weighted by Crippen LogP contribution is -2.14. The van der Waals surface area contributed by atoms with Crippen molar-refractivity contribution >= 4 is 21.7 Å². The van der Waals surface area contributed by atoms with Gasteiger partial charge in [0.05, 0.1) is 18.4 Å². The second kappa shape index (κ2) is 7.64. The lowest BCUT2D eigenvalue weighted by atomic mass is 10.1. The predicted molar refractivity (Wildman–Crippen MR) is 98.3 cm³/mol. The Hall–Kier alpha value is -3.11. The van der Waals surface area contributed by atoms with Crippen LogP contribution in [0.3, 0.4) is 0 Å². The van der Waals surface area contributed by atoms with Crippen LogP contribution in [0.15, 0.2) is 48.8 Å². The summed E-state index contributed by atoms with van der Waals surface area (Å²) in [6, 6.07) is 11.0. The Bertz CT molecular complexity index is 1080. The number of ether oxygens (including phenoxy) is 1. The smallest absolute Gasteiger partial charge is 0.230 e. The number of halogens is 1. The van der Waals surface area contributed by atoms with Gasteiger partial charge in [-0.1, -0.05) is 18.2 Å². The Labute approximate surface area is 155 Å². The zero-order valence-corrected chi connectivity index (χ0v) is 15.1. The van der Waals surface area contributed by atoms with Gasteiger partial charge < -0.3 is 10.1 Å². The first kappa shape index (κ1) is 18.7. The molecule has 27 heavy (non-hydrogen) atoms. The average molecular weight is 389 g/mol. The van der Waals surface area contributed by atoms with E-state index < -0.39 is 15.8 Å². The minimum Gasteiger partial charge on any atom is -0.496 e. The molecule has 0 aliphatic heterocycles. The molecule has 1 aromatic heterocycles. The van der Waals surface area contributed by atoms with Crippen molar-refractivity contribution in [3.63, 3.8) is 0 Å². The van der Waals surface area contributed by atoms with E-state index in [0.29, 0.717) is 17.0 Å². The SMILES string of the molecule is COc1cccc(F)c1-c1ncnc(Nc2cccc(CS(N)(=O)=O)c2)n1. The molecule has 0 spiro atoms. The lowest BCUT2D eigenvalue weighted by molar-refractivity contribution is 0.413. The number of methoxy groups -OCH3 is 1. The summed E-state index contributed by atoms with van der Waals surface area (Å²) in [6.07, 6.45) is 1.24. The molecule has 0 atom stereocenters. The Kier molecular flexibility index (Phi) is 5.28. The number of hydrogen-bond donors (Lipinski definition) is 2. The maximum Gasteiger partial charge on any atom is 0.230 e. The summed E-state index contributed by atoms with van der Waals surface area (Å²) in [5.41, 5.74) is 1.18. The van der Waals surface area contributed by atoms with Crippen molar-refractivity contribution in [1.82, 2.24) is 15.0 Å². The van der Waals surface area contributed by atoms with Gasteiger partial charge in [-0.15, -0.1) is 0 Å². The molecule has 8 nitrogen and oxygen atoms in total. The standard InChI is InChI=1S/C17H16FN5O3S/c1-26-14-7-3-6-13(18)15(14)16-20-10-21-17(23-16)22-12-5-2-4-11(8-12)9-27(19,24)25/h2-8,10H,9H2,1H3,(H2,19,24,25)(H,20,21,22,23). The fraction of sp³-hybridized carbons (Fsp3) is 0.118. The highest BCUT2D eigenvalue weighted by atomic mass is 32.2. The van der Waals surface area contributed by atoms with Gasteiger partial charge in [-0.05, 0) is 29.8 Å². The molecule has 0 saturated carbocycles. The number of sulfonamides is 1. The third-order valence-electron chi connectivity index (χ3n) is 3.54. The average Bonchev–Trinajstić information content (AvgIpc) is 2.60. The molecule has 0 bridgehead atoms. The molecular formula is C17H16FN5O3S. The molecule has 0 radical (unpaired) electrons. The Morgan fingerprint density at radius 3 is 2.70 bits per heavy atom. The molecule has 0 unspecified atom stereocenters. The van der Waals surface area contributed by atoms with Crippen LogP contribution in [0, 0.1) is 5.82 Å². The zero-order valence-electron chi connectivity index (χ0n) is 14.3. The van der Waals surface area contributed by atoms with Gasteiger partial charge in [0, 0.05) is 5.69 Å². The first-order valence-electron chi connectivity index (χ1n) is 7.74. The highest BCUT2D eigenvalue weighted by Crippen LogP contribution is 2.30. The molecule has 0 aliphatic carbocycles. The summed E-state index contributed by atoms with van der Waals surface area (Å²) in [4.78, 5) is 12.2. The molecule has 1 heterocycles. The van der Waals surface area contributed by atoms with Crippen LogP contribution in [0.4, 0.5) is 16.0 Å². The minimum absolute atomic E-state index is 0.100. The van der Waals surface area contributed by atoms with Crippen molar-refractivity contribution in [3.8, 4) is 17.1 Å². The second-order valence-electron chi connectivity index (χ2n) is 5.58. The molecular weight excluding hydrogens is 373 g/mol. The van der Waals surface area contributed by atoms with Crippen LogP contribution in [0.2, 0.25) is 0 Å². The van der Waals surface area contributed by atoms with Crippen molar-refractivity contribution in [3.05, 3.63) is 60.2 Å². The van der Waals surface area contributed by atoms with Gasteiger partial charge in [0.25, 0.3) is 0 Å². The van der Waals surface area contributed by atoms with Crippen molar-refractivity contribution in [2.45, 2.75) is 5.75 Å². The number of benzene rings is 2. The van der Waals surface area contributed by atoms with E-state index in [1.807, 2.05) is 0 Å². The van der Waals surface area contributed by atoms with Gasteiger partial charge in [0.1, 0.15) is 17.9 Å². The van der Waals surface area contributed by atoms with E-state index in [1.165, 1.54) is 25.6 Å². The quantitative estimate of drug-likeness (QED) is 0.663. The third kappa shape index (κ3) is 4.74. The first-order chi connectivity index (χ1) is 12.9. The lowest BCUT2D eigenvalue weighted by Gasteiger charge is -2.10. The number of nitrogens with two attached hydrogens (primary N) is 1. The van der Waals surface area contributed by atoms with E-state index in [9.17, 15) is 12.8 Å². The van der Waals surface area contributed by atoms with E-state index >= 15 is 0 Å². The molecule has 0 saturated heterocycles. The van der Waals surface area contributed by atoms with Crippen LogP contribution in [-0.2, 0) is 15.8 Å².